The van der Waals surface area contributed by atoms with Crippen molar-refractivity contribution in [3.63, 3.8) is 0 Å². The van der Waals surface area contributed by atoms with Crippen molar-refractivity contribution in [3.8, 4) is 0 Å². The molecule has 1 rings (SSSR count). The average molecular weight is 208 g/mol. The Bertz CT molecular complexity index is 376. The van der Waals surface area contributed by atoms with E-state index >= 15 is 0 Å². The summed E-state index contributed by atoms with van der Waals surface area (Å²) in [5.41, 5.74) is 12.4. The van der Waals surface area contributed by atoms with Crippen molar-refractivity contribution in [2.24, 2.45) is 11.6 Å². The maximum absolute atomic E-state index is 10.9. The SMILES string of the molecule is CC(C)N(N)c1ccc(C(N)=O)cc1N. The summed E-state index contributed by atoms with van der Waals surface area (Å²) in [7, 11) is 0. The van der Waals surface area contributed by atoms with Gasteiger partial charge in [-0.3, -0.25) is 4.79 Å². The molecular formula is C10H16N4O. The molecule has 0 radical (unpaired) electrons. The van der Waals surface area contributed by atoms with E-state index in [1.807, 2.05) is 13.8 Å². The number of nitrogens with two attached hydrogens (primary N) is 3. The summed E-state index contributed by atoms with van der Waals surface area (Å²) < 4.78 is 0. The molecule has 0 spiro atoms. The van der Waals surface area contributed by atoms with E-state index in [0.29, 0.717) is 16.9 Å². The number of amides is 1. The third kappa shape index (κ3) is 2.38. The third-order valence-electron chi connectivity index (χ3n) is 2.15. The van der Waals surface area contributed by atoms with Gasteiger partial charge < -0.3 is 16.5 Å². The molecule has 1 aromatic rings. The summed E-state index contributed by atoms with van der Waals surface area (Å²) in [6.45, 7) is 3.89. The Morgan fingerprint density at radius 2 is 2.00 bits per heavy atom. The lowest BCUT2D eigenvalue weighted by atomic mass is 10.1. The molecule has 1 amide bonds. The number of hydrogen-bond donors (Lipinski definition) is 3. The normalized spacial score (nSPS) is 10.4. The Morgan fingerprint density at radius 1 is 1.40 bits per heavy atom. The third-order valence-corrected chi connectivity index (χ3v) is 2.15. The maximum atomic E-state index is 10.9. The number of benzene rings is 1. The second kappa shape index (κ2) is 4.18. The summed E-state index contributed by atoms with van der Waals surface area (Å²) in [5, 5.41) is 1.54. The Morgan fingerprint density at radius 3 is 2.40 bits per heavy atom. The molecule has 0 saturated carbocycles. The van der Waals surface area contributed by atoms with Gasteiger partial charge >= 0.3 is 0 Å². The van der Waals surface area contributed by atoms with Gasteiger partial charge in [0, 0.05) is 11.6 Å². The van der Waals surface area contributed by atoms with Crippen LogP contribution in [0.5, 0.6) is 0 Å². The highest BCUT2D eigenvalue weighted by Crippen LogP contribution is 2.23. The van der Waals surface area contributed by atoms with Crippen molar-refractivity contribution in [1.29, 1.82) is 0 Å². The first-order valence-corrected chi connectivity index (χ1v) is 4.66. The lowest BCUT2D eigenvalue weighted by Gasteiger charge is -2.24. The van der Waals surface area contributed by atoms with E-state index in [9.17, 15) is 4.79 Å². The molecule has 0 saturated heterocycles. The molecule has 82 valence electrons. The topological polar surface area (TPSA) is 98.4 Å². The number of carbonyl (C=O) groups is 1. The monoisotopic (exact) mass is 208 g/mol. The predicted octanol–water partition coefficient (Wildman–Crippen LogP) is 0.456. The molecule has 0 bridgehead atoms. The first-order valence-electron chi connectivity index (χ1n) is 4.66. The number of carbonyl (C=O) groups excluding carboxylic acids is 1. The minimum atomic E-state index is -0.499. The molecule has 0 atom stereocenters. The van der Waals surface area contributed by atoms with Crippen LogP contribution in [-0.2, 0) is 0 Å². The van der Waals surface area contributed by atoms with Gasteiger partial charge in [0.15, 0.2) is 0 Å². The van der Waals surface area contributed by atoms with E-state index in [1.54, 1.807) is 17.1 Å². The molecule has 0 aliphatic carbocycles. The van der Waals surface area contributed by atoms with E-state index in [0.717, 1.165) is 0 Å². The lowest BCUT2D eigenvalue weighted by molar-refractivity contribution is 0.100. The number of nitrogen functional groups attached to an aromatic ring is 1. The fraction of sp³-hybridized carbons (Fsp3) is 0.300. The van der Waals surface area contributed by atoms with Crippen LogP contribution in [-0.4, -0.2) is 11.9 Å². The lowest BCUT2D eigenvalue weighted by Crippen LogP contribution is -2.38. The zero-order chi connectivity index (χ0) is 11.6. The van der Waals surface area contributed by atoms with Crippen LogP contribution in [0.25, 0.3) is 0 Å². The van der Waals surface area contributed by atoms with E-state index in [-0.39, 0.29) is 6.04 Å². The van der Waals surface area contributed by atoms with Crippen LogP contribution in [0.15, 0.2) is 18.2 Å². The smallest absolute Gasteiger partial charge is 0.248 e. The largest absolute Gasteiger partial charge is 0.397 e. The molecular weight excluding hydrogens is 192 g/mol. The van der Waals surface area contributed by atoms with Crippen molar-refractivity contribution in [2.45, 2.75) is 19.9 Å². The number of anilines is 2. The summed E-state index contributed by atoms with van der Waals surface area (Å²) in [6, 6.07) is 4.96. The van der Waals surface area contributed by atoms with Crippen LogP contribution >= 0.6 is 0 Å². The first-order chi connectivity index (χ1) is 6.93. The van der Waals surface area contributed by atoms with Gasteiger partial charge in [-0.1, -0.05) is 0 Å². The van der Waals surface area contributed by atoms with Crippen molar-refractivity contribution >= 4 is 17.3 Å². The van der Waals surface area contributed by atoms with E-state index in [4.69, 9.17) is 17.3 Å². The predicted molar refractivity (Wildman–Crippen MR) is 61.2 cm³/mol. The standard InChI is InChI=1S/C10H16N4O/c1-6(2)14(13)9-4-3-7(10(12)15)5-8(9)11/h3-6H,11,13H2,1-2H3,(H2,12,15). The van der Waals surface area contributed by atoms with Gasteiger partial charge in [-0.05, 0) is 32.0 Å². The summed E-state index contributed by atoms with van der Waals surface area (Å²) in [4.78, 5) is 10.9. The zero-order valence-corrected chi connectivity index (χ0v) is 8.90. The second-order valence-electron chi connectivity index (χ2n) is 3.64. The molecule has 6 N–H and O–H groups in total. The Hall–Kier alpha value is -1.75. The average Bonchev–Trinajstić information content (AvgIpc) is 2.16. The van der Waals surface area contributed by atoms with E-state index < -0.39 is 5.91 Å². The quantitative estimate of drug-likeness (QED) is 0.381. The van der Waals surface area contributed by atoms with Crippen LogP contribution in [0.3, 0.4) is 0 Å². The molecule has 1 aromatic carbocycles. The first kappa shape index (κ1) is 11.3. The summed E-state index contributed by atoms with van der Waals surface area (Å²) in [6.07, 6.45) is 0. The Kier molecular flexibility index (Phi) is 3.16. The summed E-state index contributed by atoms with van der Waals surface area (Å²) >= 11 is 0. The molecule has 0 aliphatic rings. The van der Waals surface area contributed by atoms with Gasteiger partial charge in [0.2, 0.25) is 5.91 Å². The zero-order valence-electron chi connectivity index (χ0n) is 8.90. The summed E-state index contributed by atoms with van der Waals surface area (Å²) in [5.74, 6) is 5.30. The number of primary amides is 1. The molecule has 0 heterocycles. The second-order valence-corrected chi connectivity index (χ2v) is 3.64. The Labute approximate surface area is 88.8 Å². The van der Waals surface area contributed by atoms with Crippen molar-refractivity contribution in [1.82, 2.24) is 0 Å². The number of hydrogen-bond acceptors (Lipinski definition) is 4. The van der Waals surface area contributed by atoms with Crippen LogP contribution < -0.4 is 22.3 Å². The van der Waals surface area contributed by atoms with Gasteiger partial charge in [-0.25, -0.2) is 5.84 Å². The van der Waals surface area contributed by atoms with Gasteiger partial charge in [0.25, 0.3) is 0 Å². The highest BCUT2D eigenvalue weighted by Gasteiger charge is 2.11. The molecule has 5 nitrogen and oxygen atoms in total. The fourth-order valence-corrected chi connectivity index (χ4v) is 1.22. The van der Waals surface area contributed by atoms with Crippen LogP contribution in [0.4, 0.5) is 11.4 Å². The maximum Gasteiger partial charge on any atom is 0.248 e. The number of hydrazine groups is 1. The highest BCUT2D eigenvalue weighted by molar-refractivity contribution is 5.94. The van der Waals surface area contributed by atoms with Crippen molar-refractivity contribution in [3.05, 3.63) is 23.8 Å². The van der Waals surface area contributed by atoms with Crippen LogP contribution in [0, 0.1) is 0 Å². The Balaban J connectivity index is 3.08. The molecule has 5 heteroatoms. The minimum Gasteiger partial charge on any atom is -0.397 e. The van der Waals surface area contributed by atoms with Crippen LogP contribution in [0.2, 0.25) is 0 Å². The fourth-order valence-electron chi connectivity index (χ4n) is 1.22. The molecule has 0 fully saturated rings. The molecule has 15 heavy (non-hydrogen) atoms. The van der Waals surface area contributed by atoms with Crippen molar-refractivity contribution in [2.75, 3.05) is 10.7 Å². The highest BCUT2D eigenvalue weighted by atomic mass is 16.1. The number of nitrogens with zero attached hydrogens (tertiary/aromatic N) is 1. The van der Waals surface area contributed by atoms with Gasteiger partial charge in [-0.2, -0.15) is 0 Å². The molecule has 0 unspecified atom stereocenters. The van der Waals surface area contributed by atoms with E-state index in [1.165, 1.54) is 6.07 Å². The molecule has 0 aromatic heterocycles. The van der Waals surface area contributed by atoms with Gasteiger partial charge in [0.1, 0.15) is 0 Å². The number of rotatable bonds is 3. The van der Waals surface area contributed by atoms with Gasteiger partial charge in [0.05, 0.1) is 11.4 Å². The van der Waals surface area contributed by atoms with E-state index in [2.05, 4.69) is 0 Å². The minimum absolute atomic E-state index is 0.131. The van der Waals surface area contributed by atoms with Crippen LogP contribution in [0.1, 0.15) is 24.2 Å². The van der Waals surface area contributed by atoms with Gasteiger partial charge in [-0.15, -0.1) is 0 Å². The van der Waals surface area contributed by atoms with Crippen molar-refractivity contribution < 1.29 is 4.79 Å². The molecule has 0 aliphatic heterocycles.